The van der Waals surface area contributed by atoms with E-state index in [1.165, 1.54) is 27.0 Å². The van der Waals surface area contributed by atoms with Gasteiger partial charge in [-0.2, -0.15) is 0 Å². The summed E-state index contributed by atoms with van der Waals surface area (Å²) >= 11 is 0. The lowest BCUT2D eigenvalue weighted by Crippen LogP contribution is -2.42. The second kappa shape index (κ2) is 5.69. The molecule has 0 saturated carbocycles. The van der Waals surface area contributed by atoms with Crippen molar-refractivity contribution >= 4 is 11.8 Å². The summed E-state index contributed by atoms with van der Waals surface area (Å²) in [4.78, 5) is 16.3. The summed E-state index contributed by atoms with van der Waals surface area (Å²) in [6, 6.07) is 1.04. The molecular weight excluding hydrogens is 254 g/mol. The lowest BCUT2D eigenvalue weighted by Gasteiger charge is -2.34. The number of hydrogen-bond donors (Lipinski definition) is 1. The Balaban J connectivity index is 2.86. The molecule has 1 unspecified atom stereocenters. The molecule has 5 nitrogen and oxygen atoms in total. The molecule has 1 amide bonds. The molecule has 2 rings (SSSR count). The number of nitrogen functional groups attached to an aromatic ring is 1. The molecule has 1 atom stereocenters. The predicted octanol–water partition coefficient (Wildman–Crippen LogP) is 2.78. The van der Waals surface area contributed by atoms with Crippen LogP contribution in [0.3, 0.4) is 0 Å². The van der Waals surface area contributed by atoms with E-state index in [2.05, 4.69) is 4.98 Å². The van der Waals surface area contributed by atoms with Crippen LogP contribution in [0.4, 0.5) is 10.5 Å². The van der Waals surface area contributed by atoms with Crippen molar-refractivity contribution in [3.8, 4) is 0 Å². The summed E-state index contributed by atoms with van der Waals surface area (Å²) in [6.07, 6.45) is -6.44. The van der Waals surface area contributed by atoms with Crippen molar-refractivity contribution in [3.05, 3.63) is 24.0 Å². The number of carbonyl (C=O) groups excluding carboxylic acids is 1. The van der Waals surface area contributed by atoms with Gasteiger partial charge in [-0.15, -0.1) is 0 Å². The number of carbonyl (C=O) groups is 1. The van der Waals surface area contributed by atoms with Crippen LogP contribution in [0, 0.1) is 0 Å². The van der Waals surface area contributed by atoms with Crippen LogP contribution in [-0.4, -0.2) is 34.6 Å². The average molecular weight is 286 g/mol. The third-order valence-electron chi connectivity index (χ3n) is 2.20. The molecule has 1 aromatic heterocycles. The maximum absolute atomic E-state index is 12.7. The van der Waals surface area contributed by atoms with Crippen molar-refractivity contribution in [2.45, 2.75) is 45.0 Å². The third kappa shape index (κ3) is 3.85. The van der Waals surface area contributed by atoms with Crippen LogP contribution < -0.4 is 5.73 Å². The Hall–Kier alpha value is -1.78. The van der Waals surface area contributed by atoms with E-state index in [0.29, 0.717) is 0 Å². The van der Waals surface area contributed by atoms with Gasteiger partial charge in [0.1, 0.15) is 5.60 Å². The average Bonchev–Trinajstić information content (AvgIpc) is 2.50. The summed E-state index contributed by atoms with van der Waals surface area (Å²) in [5.41, 5.74) is 3.95. The zero-order valence-electron chi connectivity index (χ0n) is 20.5. The normalized spacial score (nSPS) is 40.1. The number of nitrogens with two attached hydrogens (primary N) is 1. The Kier molecular flexibility index (Phi) is 1.93. The van der Waals surface area contributed by atoms with Crippen LogP contribution in [-0.2, 0) is 4.74 Å². The molecule has 0 spiro atoms. The van der Waals surface area contributed by atoms with E-state index in [1.54, 1.807) is 0 Å². The van der Waals surface area contributed by atoms with Crippen molar-refractivity contribution in [3.63, 3.8) is 0 Å². The van der Waals surface area contributed by atoms with Crippen LogP contribution >= 0.6 is 0 Å². The number of rotatable bonds is 1. The zero-order chi connectivity index (χ0) is 22.8. The molecule has 0 aromatic carbocycles. The Morgan fingerprint density at radius 2 is 2.35 bits per heavy atom. The van der Waals surface area contributed by atoms with Crippen molar-refractivity contribution in [1.82, 2.24) is 9.88 Å². The van der Waals surface area contributed by atoms with E-state index >= 15 is 0 Å². The highest BCUT2D eigenvalue weighted by Crippen LogP contribution is 2.28. The number of hydrogen-bond acceptors (Lipinski definition) is 4. The lowest BCUT2D eigenvalue weighted by atomic mass is 9.92. The van der Waals surface area contributed by atoms with Crippen LogP contribution in [0.2, 0.25) is 0 Å². The van der Waals surface area contributed by atoms with Gasteiger partial charge < -0.3 is 15.4 Å². The van der Waals surface area contributed by atoms with Gasteiger partial charge in [-0.05, 0) is 45.1 Å². The third-order valence-corrected chi connectivity index (χ3v) is 2.20. The summed E-state index contributed by atoms with van der Waals surface area (Å²) in [5.74, 6) is -3.14. The summed E-state index contributed by atoms with van der Waals surface area (Å²) in [5, 5.41) is 0. The molecule has 5 heteroatoms. The van der Waals surface area contributed by atoms with Crippen LogP contribution in [0.25, 0.3) is 0 Å². The molecule has 1 aromatic rings. The molecule has 0 aliphatic carbocycles. The molecule has 110 valence electrons. The second-order valence-electron chi connectivity index (χ2n) is 5.17. The highest BCUT2D eigenvalue weighted by molar-refractivity contribution is 5.68. The molecule has 1 fully saturated rings. The number of aromatic nitrogens is 1. The van der Waals surface area contributed by atoms with Crippen molar-refractivity contribution in [2.24, 2.45) is 0 Å². The number of pyridine rings is 1. The van der Waals surface area contributed by atoms with Crippen LogP contribution in [0.1, 0.15) is 57.3 Å². The van der Waals surface area contributed by atoms with E-state index in [1.807, 2.05) is 0 Å². The van der Waals surface area contributed by atoms with E-state index in [9.17, 15) is 4.79 Å². The fraction of sp³-hybridized carbons (Fsp3) is 0.600. The van der Waals surface area contributed by atoms with E-state index in [0.717, 1.165) is 12.3 Å². The fourth-order valence-electron chi connectivity index (χ4n) is 1.44. The predicted molar refractivity (Wildman–Crippen MR) is 78.4 cm³/mol. The number of likely N-dealkylation sites (tertiary alicyclic amines) is 1. The Morgan fingerprint density at radius 3 is 3.00 bits per heavy atom. The minimum atomic E-state index is -3.52. The van der Waals surface area contributed by atoms with E-state index in [4.69, 9.17) is 22.8 Å². The van der Waals surface area contributed by atoms with E-state index in [-0.39, 0.29) is 10.6 Å². The monoisotopic (exact) mass is 286 g/mol. The largest absolute Gasteiger partial charge is 0.444 e. The molecular formula is C15H23N3O2. The molecule has 20 heavy (non-hydrogen) atoms. The first-order chi connectivity index (χ1) is 12.7. The first kappa shape index (κ1) is 6.78. The summed E-state index contributed by atoms with van der Waals surface area (Å²) < 4.78 is 79.9. The summed E-state index contributed by atoms with van der Waals surface area (Å²) in [7, 11) is 0. The molecule has 1 aliphatic rings. The number of anilines is 1. The standard InChI is InChI=1S/C15H23N3O2/c1-15(2,3)20-14(19)18-6-4-5-11(10-18)12-7-13(16)9-17-8-12/h7-9,11H,4-6,10,16H2,1-3H3/i4D2,5D2,6D2,10D2,11D. The van der Waals surface area contributed by atoms with E-state index < -0.39 is 48.9 Å². The maximum atomic E-state index is 12.7. The molecule has 0 bridgehead atoms. The molecule has 2 N–H and O–H groups in total. The van der Waals surface area contributed by atoms with Gasteiger partial charge in [-0.3, -0.25) is 4.98 Å². The Labute approximate surface area is 132 Å². The number of piperidine rings is 1. The lowest BCUT2D eigenvalue weighted by molar-refractivity contribution is 0.0198. The SMILES string of the molecule is [2H]C1([2H])N(C(=O)OC(C)(C)C)C([2H])([2H])C([2H])(c2cncc(N)c2)C([2H])([2H])C1([2H])[2H]. The minimum Gasteiger partial charge on any atom is -0.444 e. The molecule has 1 aliphatic heterocycles. The Morgan fingerprint density at radius 1 is 1.60 bits per heavy atom. The van der Waals surface area contributed by atoms with Crippen molar-refractivity contribution in [1.29, 1.82) is 0 Å². The first-order valence-electron chi connectivity index (χ1n) is 10.5. The van der Waals surface area contributed by atoms with Crippen LogP contribution in [0.5, 0.6) is 0 Å². The zero-order valence-corrected chi connectivity index (χ0v) is 11.5. The number of amides is 1. The van der Waals surface area contributed by atoms with Gasteiger partial charge in [-0.1, -0.05) is 0 Å². The van der Waals surface area contributed by atoms with Crippen molar-refractivity contribution in [2.75, 3.05) is 18.7 Å². The molecule has 0 radical (unpaired) electrons. The number of nitrogens with zero attached hydrogens (tertiary/aromatic N) is 2. The molecule has 2 heterocycles. The van der Waals surface area contributed by atoms with Gasteiger partial charge in [0.15, 0.2) is 0 Å². The topological polar surface area (TPSA) is 68.5 Å². The first-order valence-corrected chi connectivity index (χ1v) is 5.99. The summed E-state index contributed by atoms with van der Waals surface area (Å²) in [6.45, 7) is -2.55. The maximum Gasteiger partial charge on any atom is 0.410 e. The van der Waals surface area contributed by atoms with Crippen molar-refractivity contribution < 1.29 is 21.9 Å². The van der Waals surface area contributed by atoms with Gasteiger partial charge in [-0.25, -0.2) is 4.79 Å². The van der Waals surface area contributed by atoms with Gasteiger partial charge >= 0.3 is 6.09 Å². The molecule has 1 saturated heterocycles. The van der Waals surface area contributed by atoms with Gasteiger partial charge in [0.2, 0.25) is 0 Å². The van der Waals surface area contributed by atoms with Gasteiger partial charge in [0.05, 0.1) is 8.43 Å². The number of ether oxygens (including phenoxy) is 1. The Bertz CT molecular complexity index is 825. The highest BCUT2D eigenvalue weighted by atomic mass is 16.6. The van der Waals surface area contributed by atoms with Crippen LogP contribution in [0.15, 0.2) is 18.5 Å². The fourth-order valence-corrected chi connectivity index (χ4v) is 1.44. The quantitative estimate of drug-likeness (QED) is 0.862. The second-order valence-corrected chi connectivity index (χ2v) is 5.17. The van der Waals surface area contributed by atoms with Gasteiger partial charge in [0.25, 0.3) is 0 Å². The van der Waals surface area contributed by atoms with Gasteiger partial charge in [0, 0.05) is 40.9 Å². The highest BCUT2D eigenvalue weighted by Gasteiger charge is 2.28. The minimum absolute atomic E-state index is 0.0429. The smallest absolute Gasteiger partial charge is 0.410 e.